The molecule has 0 aliphatic carbocycles. The maximum absolute atomic E-state index is 11.6. The number of hydrogen-bond donors (Lipinski definition) is 0. The van der Waals surface area contributed by atoms with Gasteiger partial charge in [0.05, 0.1) is 6.61 Å². The number of ether oxygens (including phenoxy) is 2. The molecule has 124 valence electrons. The van der Waals surface area contributed by atoms with E-state index in [4.69, 9.17) is 9.47 Å². The molecule has 0 aromatic rings. The summed E-state index contributed by atoms with van der Waals surface area (Å²) in [5.74, 6) is 0. The van der Waals surface area contributed by atoms with Gasteiger partial charge in [0.15, 0.2) is 0 Å². The molecule has 7 nitrogen and oxygen atoms in total. The molecule has 0 rings (SSSR count). The second kappa shape index (κ2) is 8.05. The van der Waals surface area contributed by atoms with E-state index in [1.54, 1.807) is 6.92 Å². The lowest BCUT2D eigenvalue weighted by Gasteiger charge is -2.37. The molecule has 0 aliphatic rings. The Kier molecular flexibility index (Phi) is 7.46. The van der Waals surface area contributed by atoms with Gasteiger partial charge in [0, 0.05) is 5.41 Å². The Labute approximate surface area is 126 Å². The molecule has 0 radical (unpaired) electrons. The molecule has 21 heavy (non-hydrogen) atoms. The second-order valence-corrected chi connectivity index (χ2v) is 6.60. The number of nitrogens with zero attached hydrogens (tertiary/aromatic N) is 1. The van der Waals surface area contributed by atoms with Gasteiger partial charge in [0.1, 0.15) is 11.7 Å². The van der Waals surface area contributed by atoms with Crippen LogP contribution in [0.3, 0.4) is 0 Å². The van der Waals surface area contributed by atoms with Crippen LogP contribution < -0.4 is 0 Å². The van der Waals surface area contributed by atoms with E-state index in [9.17, 15) is 14.9 Å². The van der Waals surface area contributed by atoms with Crippen molar-refractivity contribution in [3.63, 3.8) is 0 Å². The summed E-state index contributed by atoms with van der Waals surface area (Å²) in [6.07, 6.45) is 0.671. The highest BCUT2D eigenvalue weighted by atomic mass is 17.0. The molecule has 0 saturated heterocycles. The Balaban J connectivity index is 3.84. The molecule has 0 saturated carbocycles. The Hall–Kier alpha value is -1.53. The fourth-order valence-corrected chi connectivity index (χ4v) is 1.28. The van der Waals surface area contributed by atoms with Gasteiger partial charge < -0.3 is 14.3 Å². The molecule has 0 aromatic heterocycles. The normalized spacial score (nSPS) is 13.4. The van der Waals surface area contributed by atoms with E-state index in [-0.39, 0.29) is 12.0 Å². The predicted octanol–water partition coefficient (Wildman–Crippen LogP) is 3.73. The second-order valence-electron chi connectivity index (χ2n) is 6.60. The first-order valence-corrected chi connectivity index (χ1v) is 7.12. The van der Waals surface area contributed by atoms with Crippen molar-refractivity contribution in [1.82, 2.24) is 0 Å². The Morgan fingerprint density at radius 2 is 1.76 bits per heavy atom. The Morgan fingerprint density at radius 1 is 1.19 bits per heavy atom. The molecule has 0 N–H and O–H groups in total. The van der Waals surface area contributed by atoms with Gasteiger partial charge in [-0.25, -0.2) is 4.79 Å². The van der Waals surface area contributed by atoms with Crippen molar-refractivity contribution < 1.29 is 24.2 Å². The summed E-state index contributed by atoms with van der Waals surface area (Å²) in [7, 11) is 0. The van der Waals surface area contributed by atoms with E-state index < -0.39 is 22.9 Å². The van der Waals surface area contributed by atoms with Crippen molar-refractivity contribution in [2.24, 2.45) is 5.41 Å². The van der Waals surface area contributed by atoms with Gasteiger partial charge >= 0.3 is 6.16 Å². The molecule has 0 bridgehead atoms. The van der Waals surface area contributed by atoms with Gasteiger partial charge in [-0.3, -0.25) is 0 Å². The molecule has 7 heteroatoms. The third-order valence-corrected chi connectivity index (χ3v) is 3.64. The first-order chi connectivity index (χ1) is 9.45. The first kappa shape index (κ1) is 19.5. The summed E-state index contributed by atoms with van der Waals surface area (Å²) in [6, 6.07) is 0. The zero-order valence-electron chi connectivity index (χ0n) is 13.8. The van der Waals surface area contributed by atoms with Crippen molar-refractivity contribution in [1.29, 1.82) is 0 Å². The number of carbonyl (C=O) groups is 1. The standard InChI is InChI=1S/C14H27NO6/c1-11(21-15(17)18)9-7-8-10-19-12(16)20-14(5,6)13(2,3)4/h11H,7-10H2,1-6H3/t11-/m0/s1. The third kappa shape index (κ3) is 8.37. The molecule has 0 unspecified atom stereocenters. The van der Waals surface area contributed by atoms with Gasteiger partial charge in [-0.1, -0.05) is 20.8 Å². The molecular weight excluding hydrogens is 278 g/mol. The minimum absolute atomic E-state index is 0.193. The van der Waals surface area contributed by atoms with Gasteiger partial charge in [-0.2, -0.15) is 0 Å². The Morgan fingerprint density at radius 3 is 2.24 bits per heavy atom. The fraction of sp³-hybridized carbons (Fsp3) is 0.929. The van der Waals surface area contributed by atoms with Crippen LogP contribution in [-0.2, 0) is 14.3 Å². The summed E-state index contributed by atoms with van der Waals surface area (Å²) in [4.78, 5) is 26.1. The lowest BCUT2D eigenvalue weighted by molar-refractivity contribution is -0.767. The van der Waals surface area contributed by atoms with Crippen LogP contribution >= 0.6 is 0 Å². The fourth-order valence-electron chi connectivity index (χ4n) is 1.28. The topological polar surface area (TPSA) is 87.9 Å². The number of hydrogen-bond acceptors (Lipinski definition) is 6. The van der Waals surface area contributed by atoms with E-state index in [2.05, 4.69) is 4.84 Å². The predicted molar refractivity (Wildman–Crippen MR) is 77.4 cm³/mol. The quantitative estimate of drug-likeness (QED) is 0.294. The highest BCUT2D eigenvalue weighted by molar-refractivity contribution is 5.60. The highest BCUT2D eigenvalue weighted by Gasteiger charge is 2.37. The van der Waals surface area contributed by atoms with E-state index in [0.717, 1.165) is 0 Å². The summed E-state index contributed by atoms with van der Waals surface area (Å²) in [5.41, 5.74) is -0.820. The van der Waals surface area contributed by atoms with Crippen molar-refractivity contribution in [3.8, 4) is 0 Å². The molecule has 1 atom stereocenters. The number of carbonyl (C=O) groups excluding carboxylic acids is 1. The summed E-state index contributed by atoms with van der Waals surface area (Å²) in [6.45, 7) is 11.5. The van der Waals surface area contributed by atoms with Crippen LogP contribution in [0.5, 0.6) is 0 Å². The van der Waals surface area contributed by atoms with Crippen LogP contribution in [0.2, 0.25) is 0 Å². The largest absolute Gasteiger partial charge is 0.508 e. The highest BCUT2D eigenvalue weighted by Crippen LogP contribution is 2.33. The molecule has 0 fully saturated rings. The van der Waals surface area contributed by atoms with Crippen LogP contribution in [-0.4, -0.2) is 29.6 Å². The van der Waals surface area contributed by atoms with Gasteiger partial charge in [0.25, 0.3) is 5.09 Å². The van der Waals surface area contributed by atoms with Crippen LogP contribution in [0.1, 0.15) is 60.8 Å². The number of unbranched alkanes of at least 4 members (excludes halogenated alkanes) is 1. The molecule has 0 spiro atoms. The van der Waals surface area contributed by atoms with Gasteiger partial charge in [0.2, 0.25) is 0 Å². The zero-order valence-corrected chi connectivity index (χ0v) is 13.8. The smallest absolute Gasteiger partial charge is 0.434 e. The molecular formula is C14H27NO6. The average molecular weight is 305 g/mol. The third-order valence-electron chi connectivity index (χ3n) is 3.64. The van der Waals surface area contributed by atoms with Crippen molar-refractivity contribution in [2.75, 3.05) is 6.61 Å². The van der Waals surface area contributed by atoms with Crippen LogP contribution in [0, 0.1) is 15.5 Å². The number of rotatable bonds is 8. The van der Waals surface area contributed by atoms with E-state index >= 15 is 0 Å². The lowest BCUT2D eigenvalue weighted by atomic mass is 9.79. The molecule has 0 aromatic carbocycles. The minimum atomic E-state index is -0.798. The van der Waals surface area contributed by atoms with Gasteiger partial charge in [-0.15, -0.1) is 10.1 Å². The summed E-state index contributed by atoms with van der Waals surface area (Å²) >= 11 is 0. The first-order valence-electron chi connectivity index (χ1n) is 7.12. The summed E-state index contributed by atoms with van der Waals surface area (Å²) in [5, 5.41) is 9.30. The SMILES string of the molecule is C[C@@H](CCCCOC(=O)OC(C)(C)C(C)(C)C)O[N+](=O)[O-]. The maximum Gasteiger partial charge on any atom is 0.508 e. The molecule has 0 aliphatic heterocycles. The van der Waals surface area contributed by atoms with Gasteiger partial charge in [-0.05, 0) is 40.0 Å². The maximum atomic E-state index is 11.6. The minimum Gasteiger partial charge on any atom is -0.434 e. The monoisotopic (exact) mass is 305 g/mol. The Bertz CT molecular complexity index is 348. The average Bonchev–Trinajstić information content (AvgIpc) is 2.24. The molecule has 0 amide bonds. The van der Waals surface area contributed by atoms with Crippen molar-refractivity contribution in [2.45, 2.75) is 72.5 Å². The van der Waals surface area contributed by atoms with Crippen LogP contribution in [0.4, 0.5) is 4.79 Å². The lowest BCUT2D eigenvalue weighted by Crippen LogP contribution is -2.41. The molecule has 0 heterocycles. The van der Waals surface area contributed by atoms with Crippen LogP contribution in [0.15, 0.2) is 0 Å². The zero-order chi connectivity index (χ0) is 16.7. The van der Waals surface area contributed by atoms with Crippen molar-refractivity contribution >= 4 is 6.16 Å². The van der Waals surface area contributed by atoms with Crippen LogP contribution in [0.25, 0.3) is 0 Å². The van der Waals surface area contributed by atoms with Crippen molar-refractivity contribution in [3.05, 3.63) is 10.1 Å². The van der Waals surface area contributed by atoms with E-state index in [0.29, 0.717) is 19.3 Å². The van der Waals surface area contributed by atoms with E-state index in [1.807, 2.05) is 34.6 Å². The summed E-state index contributed by atoms with van der Waals surface area (Å²) < 4.78 is 10.3. The van der Waals surface area contributed by atoms with E-state index in [1.165, 1.54) is 0 Å².